The summed E-state index contributed by atoms with van der Waals surface area (Å²) in [5, 5.41) is 0. The van der Waals surface area contributed by atoms with Gasteiger partial charge in [0.2, 0.25) is 5.88 Å². The molecule has 1 saturated heterocycles. The standard InChI is InChI=1S/C23H22F4N4O/c1-15-20(32-21-8-5-17(13-30-21)23(25,26)27)4-2-11-31(15)14-16-12-18(24)6-7-19(16)22-28-9-3-10-29-22/h3,5-10,12-13,15,20H,2,4,11,14H2,1H3. The zero-order valence-corrected chi connectivity index (χ0v) is 17.4. The van der Waals surface area contributed by atoms with E-state index in [1.807, 2.05) is 6.92 Å². The van der Waals surface area contributed by atoms with E-state index in [4.69, 9.17) is 4.74 Å². The molecule has 0 aliphatic carbocycles. The van der Waals surface area contributed by atoms with Gasteiger partial charge in [-0.1, -0.05) is 0 Å². The van der Waals surface area contributed by atoms with Crippen LogP contribution in [0, 0.1) is 5.82 Å². The maximum Gasteiger partial charge on any atom is 0.417 e. The molecule has 0 radical (unpaired) electrons. The third-order valence-electron chi connectivity index (χ3n) is 5.63. The number of hydrogen-bond donors (Lipinski definition) is 0. The lowest BCUT2D eigenvalue weighted by Gasteiger charge is -2.39. The molecule has 2 unspecified atom stereocenters. The Kier molecular flexibility index (Phi) is 6.36. The van der Waals surface area contributed by atoms with Crippen molar-refractivity contribution in [2.45, 2.75) is 44.6 Å². The molecule has 1 aromatic carbocycles. The summed E-state index contributed by atoms with van der Waals surface area (Å²) in [7, 11) is 0. The summed E-state index contributed by atoms with van der Waals surface area (Å²) in [6, 6.07) is 8.42. The number of rotatable bonds is 5. The maximum absolute atomic E-state index is 14.0. The number of piperidine rings is 1. The van der Waals surface area contributed by atoms with Crippen molar-refractivity contribution in [2.24, 2.45) is 0 Å². The quantitative estimate of drug-likeness (QED) is 0.509. The minimum absolute atomic E-state index is 0.0550. The third kappa shape index (κ3) is 5.04. The molecule has 9 heteroatoms. The first kappa shape index (κ1) is 22.1. The largest absolute Gasteiger partial charge is 0.473 e. The molecule has 0 N–H and O–H groups in total. The Morgan fingerprint density at radius 2 is 1.88 bits per heavy atom. The van der Waals surface area contributed by atoms with Crippen LogP contribution in [0.2, 0.25) is 0 Å². The van der Waals surface area contributed by atoms with E-state index >= 15 is 0 Å². The van der Waals surface area contributed by atoms with Gasteiger partial charge in [-0.25, -0.2) is 19.3 Å². The van der Waals surface area contributed by atoms with Crippen molar-refractivity contribution in [3.63, 3.8) is 0 Å². The predicted octanol–water partition coefficient (Wildman–Crippen LogP) is 5.13. The second-order valence-corrected chi connectivity index (χ2v) is 7.77. The van der Waals surface area contributed by atoms with Gasteiger partial charge >= 0.3 is 6.18 Å². The summed E-state index contributed by atoms with van der Waals surface area (Å²) in [5.74, 6) is 0.334. The van der Waals surface area contributed by atoms with E-state index in [-0.39, 0.29) is 23.8 Å². The molecule has 3 heterocycles. The number of hydrogen-bond acceptors (Lipinski definition) is 5. The summed E-state index contributed by atoms with van der Waals surface area (Å²) >= 11 is 0. The Labute approximate surface area is 183 Å². The fraction of sp³-hybridized carbons (Fsp3) is 0.348. The summed E-state index contributed by atoms with van der Waals surface area (Å²) in [6.07, 6.45) is 0.948. The van der Waals surface area contributed by atoms with Crippen molar-refractivity contribution in [3.05, 3.63) is 71.9 Å². The summed E-state index contributed by atoms with van der Waals surface area (Å²) in [5.41, 5.74) is 0.702. The molecule has 1 aliphatic rings. The second-order valence-electron chi connectivity index (χ2n) is 7.77. The van der Waals surface area contributed by atoms with Crippen molar-refractivity contribution in [1.29, 1.82) is 0 Å². The van der Waals surface area contributed by atoms with Crippen molar-refractivity contribution in [1.82, 2.24) is 19.9 Å². The molecule has 32 heavy (non-hydrogen) atoms. The number of nitrogens with zero attached hydrogens (tertiary/aromatic N) is 4. The normalized spacial score (nSPS) is 19.7. The van der Waals surface area contributed by atoms with E-state index in [9.17, 15) is 17.6 Å². The van der Waals surface area contributed by atoms with Crippen molar-refractivity contribution in [2.75, 3.05) is 6.54 Å². The van der Waals surface area contributed by atoms with E-state index in [1.54, 1.807) is 24.5 Å². The van der Waals surface area contributed by atoms with E-state index in [0.717, 1.165) is 42.8 Å². The number of halogens is 4. The molecule has 5 nitrogen and oxygen atoms in total. The number of ether oxygens (including phenoxy) is 1. The lowest BCUT2D eigenvalue weighted by atomic mass is 9.98. The summed E-state index contributed by atoms with van der Waals surface area (Å²) in [6.45, 7) is 3.24. The molecule has 2 aromatic heterocycles. The monoisotopic (exact) mass is 446 g/mol. The van der Waals surface area contributed by atoms with Crippen LogP contribution < -0.4 is 4.74 Å². The predicted molar refractivity (Wildman–Crippen MR) is 110 cm³/mol. The summed E-state index contributed by atoms with van der Waals surface area (Å²) < 4.78 is 58.2. The van der Waals surface area contributed by atoms with Crippen LogP contribution in [0.1, 0.15) is 30.9 Å². The highest BCUT2D eigenvalue weighted by Gasteiger charge is 2.32. The highest BCUT2D eigenvalue weighted by molar-refractivity contribution is 5.59. The second kappa shape index (κ2) is 9.20. The van der Waals surface area contributed by atoms with Gasteiger partial charge in [0.15, 0.2) is 5.82 Å². The Morgan fingerprint density at radius 1 is 1.09 bits per heavy atom. The lowest BCUT2D eigenvalue weighted by Crippen LogP contribution is -2.48. The molecular formula is C23H22F4N4O. The number of aromatic nitrogens is 3. The molecule has 0 amide bonds. The van der Waals surface area contributed by atoms with Crippen molar-refractivity contribution in [3.8, 4) is 17.3 Å². The number of pyridine rings is 1. The van der Waals surface area contributed by atoms with Gasteiger partial charge in [-0.15, -0.1) is 0 Å². The molecule has 1 aliphatic heterocycles. The van der Waals surface area contributed by atoms with Gasteiger partial charge < -0.3 is 4.74 Å². The first-order valence-electron chi connectivity index (χ1n) is 10.3. The Balaban J connectivity index is 1.50. The zero-order valence-electron chi connectivity index (χ0n) is 17.4. The van der Waals surface area contributed by atoms with Gasteiger partial charge in [-0.05, 0) is 62.2 Å². The smallest absolute Gasteiger partial charge is 0.417 e. The Bertz CT molecular complexity index is 1040. The molecule has 1 fully saturated rings. The molecule has 0 bridgehead atoms. The van der Waals surface area contributed by atoms with Gasteiger partial charge in [0.25, 0.3) is 0 Å². The minimum atomic E-state index is -4.44. The first-order valence-corrected chi connectivity index (χ1v) is 10.3. The lowest BCUT2D eigenvalue weighted by molar-refractivity contribution is -0.137. The summed E-state index contributed by atoms with van der Waals surface area (Å²) in [4.78, 5) is 14.6. The van der Waals surface area contributed by atoms with Gasteiger partial charge in [-0.2, -0.15) is 13.2 Å². The van der Waals surface area contributed by atoms with E-state index in [0.29, 0.717) is 12.4 Å². The van der Waals surface area contributed by atoms with Gasteiger partial charge in [0.1, 0.15) is 11.9 Å². The molecule has 0 saturated carbocycles. The Hall–Kier alpha value is -3.07. The number of likely N-dealkylation sites (tertiary alicyclic amines) is 1. The molecule has 2 atom stereocenters. The highest BCUT2D eigenvalue weighted by Crippen LogP contribution is 2.31. The van der Waals surface area contributed by atoms with Crippen LogP contribution in [0.3, 0.4) is 0 Å². The fourth-order valence-corrected chi connectivity index (χ4v) is 3.90. The van der Waals surface area contributed by atoms with E-state index < -0.39 is 11.7 Å². The topological polar surface area (TPSA) is 51.1 Å². The van der Waals surface area contributed by atoms with Crippen LogP contribution in [0.15, 0.2) is 55.0 Å². The molecule has 0 spiro atoms. The fourth-order valence-electron chi connectivity index (χ4n) is 3.90. The van der Waals surface area contributed by atoms with E-state index in [1.165, 1.54) is 18.2 Å². The minimum Gasteiger partial charge on any atom is -0.473 e. The van der Waals surface area contributed by atoms with Crippen molar-refractivity contribution >= 4 is 0 Å². The average molecular weight is 446 g/mol. The van der Waals surface area contributed by atoms with Crippen LogP contribution >= 0.6 is 0 Å². The number of benzene rings is 1. The van der Waals surface area contributed by atoms with Crippen molar-refractivity contribution < 1.29 is 22.3 Å². The van der Waals surface area contributed by atoms with Gasteiger partial charge in [-0.3, -0.25) is 4.90 Å². The molecule has 168 valence electrons. The molecule has 4 rings (SSSR count). The van der Waals surface area contributed by atoms with Crippen LogP contribution in [0.5, 0.6) is 5.88 Å². The first-order chi connectivity index (χ1) is 15.3. The maximum atomic E-state index is 14.0. The average Bonchev–Trinajstić information content (AvgIpc) is 2.77. The van der Waals surface area contributed by atoms with Crippen LogP contribution in [0.25, 0.3) is 11.4 Å². The Morgan fingerprint density at radius 3 is 2.56 bits per heavy atom. The van der Waals surface area contributed by atoms with Gasteiger partial charge in [0, 0.05) is 42.8 Å². The third-order valence-corrected chi connectivity index (χ3v) is 5.63. The van der Waals surface area contributed by atoms with Crippen LogP contribution in [-0.4, -0.2) is 38.5 Å². The highest BCUT2D eigenvalue weighted by atomic mass is 19.4. The van der Waals surface area contributed by atoms with E-state index in [2.05, 4.69) is 19.9 Å². The van der Waals surface area contributed by atoms with Crippen LogP contribution in [-0.2, 0) is 12.7 Å². The van der Waals surface area contributed by atoms with Crippen LogP contribution in [0.4, 0.5) is 17.6 Å². The van der Waals surface area contributed by atoms with Gasteiger partial charge in [0.05, 0.1) is 5.56 Å². The SMILES string of the molecule is CC1C(Oc2ccc(C(F)(F)F)cn2)CCCN1Cc1cc(F)ccc1-c1ncccn1. The zero-order chi connectivity index (χ0) is 22.7. The molecule has 3 aromatic rings. The number of alkyl halides is 3. The molecular weight excluding hydrogens is 424 g/mol.